The minimum atomic E-state index is -0.0894. The van der Waals surface area contributed by atoms with Crippen molar-refractivity contribution in [1.82, 2.24) is 0 Å². The molecule has 8 atom stereocenters. The highest BCUT2D eigenvalue weighted by Gasteiger charge is 2.58. The van der Waals surface area contributed by atoms with E-state index in [1.807, 2.05) is 0 Å². The van der Waals surface area contributed by atoms with Crippen LogP contribution in [0.3, 0.4) is 0 Å². The van der Waals surface area contributed by atoms with Gasteiger partial charge in [-0.2, -0.15) is 0 Å². The Morgan fingerprint density at radius 3 is 2.75 bits per heavy atom. The Morgan fingerprint density at radius 2 is 1.97 bits per heavy atom. The van der Waals surface area contributed by atoms with Crippen LogP contribution in [0, 0.1) is 34.5 Å². The zero-order valence-corrected chi connectivity index (χ0v) is 23.4. The van der Waals surface area contributed by atoms with Gasteiger partial charge in [-0.15, -0.1) is 0 Å². The first-order valence-corrected chi connectivity index (χ1v) is 15.0. The van der Waals surface area contributed by atoms with Crippen molar-refractivity contribution in [3.8, 4) is 0 Å². The molecule has 5 aliphatic rings. The summed E-state index contributed by atoms with van der Waals surface area (Å²) < 4.78 is 17.2. The van der Waals surface area contributed by atoms with Crippen molar-refractivity contribution in [1.29, 1.82) is 0 Å². The van der Waals surface area contributed by atoms with E-state index in [0.717, 1.165) is 50.0 Å². The predicted octanol–water partition coefficient (Wildman–Crippen LogP) is 7.77. The molecule has 0 N–H and O–H groups in total. The number of methoxy groups -OCH3 is 1. The molecule has 0 aromatic rings. The summed E-state index contributed by atoms with van der Waals surface area (Å²) in [6, 6.07) is 0. The maximum atomic E-state index is 11.5. The molecule has 4 nitrogen and oxygen atoms in total. The van der Waals surface area contributed by atoms with Crippen LogP contribution in [-0.2, 0) is 19.0 Å². The first-order valence-electron chi connectivity index (χ1n) is 15.0. The van der Waals surface area contributed by atoms with E-state index in [0.29, 0.717) is 29.3 Å². The van der Waals surface area contributed by atoms with E-state index >= 15 is 0 Å². The maximum absolute atomic E-state index is 11.5. The zero-order chi connectivity index (χ0) is 25.3. The molecule has 4 heteroatoms. The minimum Gasteiger partial charge on any atom is -0.469 e. The van der Waals surface area contributed by atoms with Crippen LogP contribution in [0.4, 0.5) is 0 Å². The van der Waals surface area contributed by atoms with Crippen molar-refractivity contribution in [2.45, 2.75) is 123 Å². The number of hydrogen-bond acceptors (Lipinski definition) is 4. The predicted molar refractivity (Wildman–Crippen MR) is 143 cm³/mol. The van der Waals surface area contributed by atoms with Gasteiger partial charge in [0.05, 0.1) is 13.2 Å². The molecule has 1 aliphatic heterocycles. The lowest BCUT2D eigenvalue weighted by molar-refractivity contribution is -0.195. The molecule has 202 valence electrons. The second-order valence-electron chi connectivity index (χ2n) is 13.1. The Hall–Kier alpha value is -1.13. The topological polar surface area (TPSA) is 44.8 Å². The third-order valence-corrected chi connectivity index (χ3v) is 11.4. The molecule has 4 unspecified atom stereocenters. The molecular weight excluding hydrogens is 448 g/mol. The fraction of sp³-hybridized carbons (Fsp3) is 0.844. The van der Waals surface area contributed by atoms with Crippen LogP contribution in [0.2, 0.25) is 0 Å². The Balaban J connectivity index is 1.23. The Bertz CT molecular complexity index is 854. The van der Waals surface area contributed by atoms with Gasteiger partial charge in [-0.25, -0.2) is 0 Å². The first kappa shape index (κ1) is 26.5. The maximum Gasteiger partial charge on any atom is 0.305 e. The van der Waals surface area contributed by atoms with Crippen molar-refractivity contribution >= 4 is 5.97 Å². The van der Waals surface area contributed by atoms with E-state index in [2.05, 4.69) is 32.9 Å². The Morgan fingerprint density at radius 1 is 1.11 bits per heavy atom. The molecule has 5 rings (SSSR count). The van der Waals surface area contributed by atoms with E-state index < -0.39 is 0 Å². The van der Waals surface area contributed by atoms with Crippen LogP contribution >= 0.6 is 0 Å². The van der Waals surface area contributed by atoms with E-state index in [4.69, 9.17) is 14.2 Å². The summed E-state index contributed by atoms with van der Waals surface area (Å²) in [5.74, 6) is 3.14. The molecule has 0 bridgehead atoms. The number of unbranched alkanes of at least 4 members (excludes halogenated alkanes) is 1. The van der Waals surface area contributed by atoms with Crippen molar-refractivity contribution in [3.63, 3.8) is 0 Å². The molecule has 0 spiro atoms. The van der Waals surface area contributed by atoms with Gasteiger partial charge in [0, 0.05) is 13.0 Å². The molecule has 0 radical (unpaired) electrons. The van der Waals surface area contributed by atoms with E-state index in [1.54, 1.807) is 11.1 Å². The SMILES string of the molecule is COC(=O)CCC/C=C(\C)[C@H]1CCC2C3CC=C4C[C@@H](OC5CCCCO5)CC[C@]4(C)C3CC[C@@]21C. The van der Waals surface area contributed by atoms with Crippen molar-refractivity contribution < 1.29 is 19.0 Å². The van der Waals surface area contributed by atoms with Gasteiger partial charge < -0.3 is 14.2 Å². The molecule has 3 saturated carbocycles. The molecule has 0 aromatic carbocycles. The van der Waals surface area contributed by atoms with Crippen LogP contribution in [0.25, 0.3) is 0 Å². The number of ether oxygens (including phenoxy) is 3. The zero-order valence-electron chi connectivity index (χ0n) is 23.4. The summed E-state index contributed by atoms with van der Waals surface area (Å²) in [5, 5.41) is 0. The lowest BCUT2D eigenvalue weighted by Crippen LogP contribution is -2.50. The van der Waals surface area contributed by atoms with Crippen LogP contribution in [0.1, 0.15) is 111 Å². The lowest BCUT2D eigenvalue weighted by Gasteiger charge is -2.58. The Labute approximate surface area is 219 Å². The molecule has 0 amide bonds. The summed E-state index contributed by atoms with van der Waals surface area (Å²) in [5.41, 5.74) is 4.08. The van der Waals surface area contributed by atoms with Gasteiger partial charge in [-0.1, -0.05) is 37.1 Å². The molecule has 4 aliphatic carbocycles. The normalized spacial score (nSPS) is 42.7. The lowest BCUT2D eigenvalue weighted by atomic mass is 9.47. The second kappa shape index (κ2) is 10.9. The number of fused-ring (bicyclic) bond motifs is 5. The highest BCUT2D eigenvalue weighted by molar-refractivity contribution is 5.69. The molecular formula is C32H50O4. The van der Waals surface area contributed by atoms with Gasteiger partial charge in [-0.3, -0.25) is 4.79 Å². The third-order valence-electron chi connectivity index (χ3n) is 11.4. The smallest absolute Gasteiger partial charge is 0.305 e. The Kier molecular flexibility index (Phi) is 8.04. The van der Waals surface area contributed by atoms with E-state index in [9.17, 15) is 4.79 Å². The van der Waals surface area contributed by atoms with Crippen LogP contribution < -0.4 is 0 Å². The van der Waals surface area contributed by atoms with Gasteiger partial charge in [-0.05, 0) is 125 Å². The van der Waals surface area contributed by atoms with E-state index in [1.165, 1.54) is 64.9 Å². The number of allylic oxidation sites excluding steroid dienone is 3. The fourth-order valence-electron chi connectivity index (χ4n) is 9.35. The van der Waals surface area contributed by atoms with Crippen LogP contribution in [0.5, 0.6) is 0 Å². The van der Waals surface area contributed by atoms with Crippen molar-refractivity contribution in [3.05, 3.63) is 23.3 Å². The van der Waals surface area contributed by atoms with Gasteiger partial charge in [0.15, 0.2) is 6.29 Å². The van der Waals surface area contributed by atoms with E-state index in [-0.39, 0.29) is 12.3 Å². The van der Waals surface area contributed by atoms with Gasteiger partial charge >= 0.3 is 5.97 Å². The third kappa shape index (κ3) is 4.98. The van der Waals surface area contributed by atoms with Gasteiger partial charge in [0.2, 0.25) is 0 Å². The number of rotatable bonds is 7. The van der Waals surface area contributed by atoms with Crippen LogP contribution in [-0.4, -0.2) is 32.1 Å². The number of esters is 1. The molecule has 4 fully saturated rings. The highest BCUT2D eigenvalue weighted by atomic mass is 16.7. The molecule has 36 heavy (non-hydrogen) atoms. The molecule has 0 aromatic heterocycles. The van der Waals surface area contributed by atoms with Crippen LogP contribution in [0.15, 0.2) is 23.3 Å². The summed E-state index contributed by atoms with van der Waals surface area (Å²) in [6.07, 6.45) is 21.7. The second-order valence-corrected chi connectivity index (χ2v) is 13.1. The first-order chi connectivity index (χ1) is 17.3. The average molecular weight is 499 g/mol. The minimum absolute atomic E-state index is 0.0348. The number of carbonyl (C=O) groups excluding carboxylic acids is 1. The average Bonchev–Trinajstić information content (AvgIpc) is 3.24. The highest BCUT2D eigenvalue weighted by Crippen LogP contribution is 2.67. The quantitative estimate of drug-likeness (QED) is 0.204. The van der Waals surface area contributed by atoms with Crippen molar-refractivity contribution in [2.24, 2.45) is 34.5 Å². The van der Waals surface area contributed by atoms with Crippen molar-refractivity contribution in [2.75, 3.05) is 13.7 Å². The summed E-state index contributed by atoms with van der Waals surface area (Å²) in [7, 11) is 1.48. The van der Waals surface area contributed by atoms with Gasteiger partial charge in [0.25, 0.3) is 0 Å². The molecule has 1 saturated heterocycles. The summed E-state index contributed by atoms with van der Waals surface area (Å²) >= 11 is 0. The summed E-state index contributed by atoms with van der Waals surface area (Å²) in [4.78, 5) is 11.5. The fourth-order valence-corrected chi connectivity index (χ4v) is 9.35. The number of hydrogen-bond donors (Lipinski definition) is 0. The largest absolute Gasteiger partial charge is 0.469 e. The number of carbonyl (C=O) groups is 1. The van der Waals surface area contributed by atoms with Gasteiger partial charge in [0.1, 0.15) is 0 Å². The monoisotopic (exact) mass is 498 g/mol. The molecule has 1 heterocycles. The summed E-state index contributed by atoms with van der Waals surface area (Å²) in [6.45, 7) is 8.45. The standard InChI is InChI=1S/C32H50O4/c1-22(9-5-6-10-29(33)34-4)26-14-15-27-25-13-12-23-21-24(36-30-11-7-8-20-35-30)16-18-31(23,2)28(25)17-19-32(26,27)3/h9,12,24-28,30H,5-8,10-11,13-21H2,1-4H3/b22-9+/t24-,25?,26+,27?,28?,30?,31-,32+/m0/s1.